The molecule has 6 nitrogen and oxygen atoms in total. The van der Waals surface area contributed by atoms with Gasteiger partial charge in [-0.25, -0.2) is 0 Å². The molecule has 1 saturated heterocycles. The molecule has 2 aliphatic heterocycles. The minimum atomic E-state index is -0.369. The lowest BCUT2D eigenvalue weighted by Crippen LogP contribution is -2.42. The van der Waals surface area contributed by atoms with Crippen LogP contribution in [0, 0.1) is 5.92 Å². The lowest BCUT2D eigenvalue weighted by molar-refractivity contribution is -0.134. The van der Waals surface area contributed by atoms with Crippen molar-refractivity contribution in [1.82, 2.24) is 9.80 Å². The quantitative estimate of drug-likeness (QED) is 0.890. The Balaban J connectivity index is 1.73. The van der Waals surface area contributed by atoms with Gasteiger partial charge in [0.25, 0.3) is 5.91 Å². The molecule has 0 spiro atoms. The van der Waals surface area contributed by atoms with Crippen molar-refractivity contribution >= 4 is 11.8 Å². The normalized spacial score (nSPS) is 19.3. The predicted molar refractivity (Wildman–Crippen MR) is 93.8 cm³/mol. The molecule has 0 aromatic heterocycles. The SMILES string of the molecule is CN(C)C(=O)C1CCN(C(=O)c2ccc3c(c2O)OC(C)(C)C3)CC1. The molecule has 2 amide bonds. The van der Waals surface area contributed by atoms with E-state index in [0.29, 0.717) is 38.1 Å². The number of phenolic OH excluding ortho intramolecular Hbond substituents is 1. The molecule has 2 aliphatic rings. The highest BCUT2D eigenvalue weighted by molar-refractivity contribution is 5.98. The third kappa shape index (κ3) is 3.30. The summed E-state index contributed by atoms with van der Waals surface area (Å²) in [6.07, 6.45) is 2.01. The summed E-state index contributed by atoms with van der Waals surface area (Å²) < 4.78 is 5.81. The monoisotopic (exact) mass is 346 g/mol. The van der Waals surface area contributed by atoms with Gasteiger partial charge >= 0.3 is 0 Å². The molecule has 136 valence electrons. The van der Waals surface area contributed by atoms with Crippen LogP contribution in [0.15, 0.2) is 12.1 Å². The first-order valence-electron chi connectivity index (χ1n) is 8.74. The summed E-state index contributed by atoms with van der Waals surface area (Å²) in [4.78, 5) is 28.2. The van der Waals surface area contributed by atoms with Gasteiger partial charge in [0, 0.05) is 45.1 Å². The Kier molecular flexibility index (Phi) is 4.39. The molecule has 3 rings (SSSR count). The van der Waals surface area contributed by atoms with Gasteiger partial charge in [-0.2, -0.15) is 0 Å². The highest BCUT2D eigenvalue weighted by Gasteiger charge is 2.35. The first-order chi connectivity index (χ1) is 11.7. The number of aromatic hydroxyl groups is 1. The van der Waals surface area contributed by atoms with Crippen molar-refractivity contribution in [3.05, 3.63) is 23.3 Å². The Labute approximate surface area is 148 Å². The average molecular weight is 346 g/mol. The first kappa shape index (κ1) is 17.6. The summed E-state index contributed by atoms with van der Waals surface area (Å²) >= 11 is 0. The van der Waals surface area contributed by atoms with Gasteiger partial charge in [0.15, 0.2) is 11.5 Å². The maximum atomic E-state index is 12.8. The van der Waals surface area contributed by atoms with Crippen molar-refractivity contribution in [2.75, 3.05) is 27.2 Å². The lowest BCUT2D eigenvalue weighted by Gasteiger charge is -2.32. The van der Waals surface area contributed by atoms with Gasteiger partial charge in [-0.3, -0.25) is 9.59 Å². The van der Waals surface area contributed by atoms with Crippen molar-refractivity contribution in [3.8, 4) is 11.5 Å². The second kappa shape index (κ2) is 6.24. The van der Waals surface area contributed by atoms with Gasteiger partial charge in [-0.1, -0.05) is 6.07 Å². The Bertz CT molecular complexity index is 704. The Hall–Kier alpha value is -2.24. The summed E-state index contributed by atoms with van der Waals surface area (Å²) in [5.41, 5.74) is 0.829. The molecule has 0 bridgehead atoms. The number of carbonyl (C=O) groups excluding carboxylic acids is 2. The minimum absolute atomic E-state index is 0.0307. The smallest absolute Gasteiger partial charge is 0.257 e. The van der Waals surface area contributed by atoms with Crippen molar-refractivity contribution in [2.24, 2.45) is 5.92 Å². The van der Waals surface area contributed by atoms with Crippen LogP contribution in [0.2, 0.25) is 0 Å². The highest BCUT2D eigenvalue weighted by atomic mass is 16.5. The molecule has 1 aromatic rings. The summed E-state index contributed by atoms with van der Waals surface area (Å²) in [5.74, 6) is 0.234. The van der Waals surface area contributed by atoms with Gasteiger partial charge in [0.2, 0.25) is 5.91 Å². The fourth-order valence-electron chi connectivity index (χ4n) is 3.67. The largest absolute Gasteiger partial charge is 0.504 e. The molecule has 0 radical (unpaired) electrons. The van der Waals surface area contributed by atoms with Crippen LogP contribution in [0.1, 0.15) is 42.6 Å². The molecule has 0 aliphatic carbocycles. The van der Waals surface area contributed by atoms with Gasteiger partial charge < -0.3 is 19.6 Å². The second-order valence-electron chi connectivity index (χ2n) is 7.79. The number of rotatable bonds is 2. The number of ether oxygens (including phenoxy) is 1. The number of hydrogen-bond donors (Lipinski definition) is 1. The predicted octanol–water partition coefficient (Wildman–Crippen LogP) is 2.05. The number of likely N-dealkylation sites (tertiary alicyclic amines) is 1. The van der Waals surface area contributed by atoms with E-state index in [4.69, 9.17) is 4.74 Å². The van der Waals surface area contributed by atoms with Crippen LogP contribution in [0.3, 0.4) is 0 Å². The van der Waals surface area contributed by atoms with Gasteiger partial charge in [-0.15, -0.1) is 0 Å². The highest BCUT2D eigenvalue weighted by Crippen LogP contribution is 2.43. The third-order valence-corrected chi connectivity index (χ3v) is 5.01. The van der Waals surface area contributed by atoms with E-state index in [1.165, 1.54) is 0 Å². The van der Waals surface area contributed by atoms with E-state index in [1.54, 1.807) is 30.0 Å². The molecule has 1 aromatic carbocycles. The molecule has 0 unspecified atom stereocenters. The number of amides is 2. The van der Waals surface area contributed by atoms with E-state index in [1.807, 2.05) is 19.9 Å². The zero-order valence-electron chi connectivity index (χ0n) is 15.3. The van der Waals surface area contributed by atoms with Crippen molar-refractivity contribution in [3.63, 3.8) is 0 Å². The number of fused-ring (bicyclic) bond motifs is 1. The fraction of sp³-hybridized carbons (Fsp3) is 0.579. The van der Waals surface area contributed by atoms with Crippen molar-refractivity contribution in [2.45, 2.75) is 38.7 Å². The van der Waals surface area contributed by atoms with Crippen molar-refractivity contribution in [1.29, 1.82) is 0 Å². The van der Waals surface area contributed by atoms with Crippen LogP contribution in [-0.4, -0.2) is 59.5 Å². The standard InChI is InChI=1S/C19H26N2O4/c1-19(2)11-13-5-6-14(15(22)16(13)25-19)18(24)21-9-7-12(8-10-21)17(23)20(3)4/h5-6,12,22H,7-11H2,1-4H3. The zero-order valence-corrected chi connectivity index (χ0v) is 15.3. The zero-order chi connectivity index (χ0) is 18.4. The number of nitrogens with zero attached hydrogens (tertiary/aromatic N) is 2. The summed E-state index contributed by atoms with van der Waals surface area (Å²) in [7, 11) is 3.51. The number of carbonyl (C=O) groups is 2. The van der Waals surface area contributed by atoms with Gasteiger partial charge in [-0.05, 0) is 32.8 Å². The number of piperidine rings is 1. The number of benzene rings is 1. The second-order valence-corrected chi connectivity index (χ2v) is 7.79. The molecule has 1 fully saturated rings. The van der Waals surface area contributed by atoms with E-state index in [-0.39, 0.29) is 34.6 Å². The Morgan fingerprint density at radius 2 is 1.88 bits per heavy atom. The Morgan fingerprint density at radius 3 is 2.48 bits per heavy atom. The first-order valence-corrected chi connectivity index (χ1v) is 8.74. The van der Waals surface area contributed by atoms with Gasteiger partial charge in [0.05, 0.1) is 5.56 Å². The number of hydrogen-bond acceptors (Lipinski definition) is 4. The number of phenols is 1. The molecule has 0 atom stereocenters. The molecular formula is C19H26N2O4. The van der Waals surface area contributed by atoms with E-state index in [9.17, 15) is 14.7 Å². The van der Waals surface area contributed by atoms with Gasteiger partial charge in [0.1, 0.15) is 5.60 Å². The van der Waals surface area contributed by atoms with Crippen LogP contribution in [-0.2, 0) is 11.2 Å². The van der Waals surface area contributed by atoms with Crippen LogP contribution >= 0.6 is 0 Å². The minimum Gasteiger partial charge on any atom is -0.504 e. The molecule has 0 saturated carbocycles. The van der Waals surface area contributed by atoms with E-state index < -0.39 is 0 Å². The maximum Gasteiger partial charge on any atom is 0.257 e. The molecule has 6 heteroatoms. The molecule has 1 N–H and O–H groups in total. The molecule has 25 heavy (non-hydrogen) atoms. The molecule has 2 heterocycles. The average Bonchev–Trinajstić information content (AvgIpc) is 2.89. The fourth-order valence-corrected chi connectivity index (χ4v) is 3.67. The van der Waals surface area contributed by atoms with E-state index >= 15 is 0 Å². The maximum absolute atomic E-state index is 12.8. The Morgan fingerprint density at radius 1 is 1.24 bits per heavy atom. The van der Waals surface area contributed by atoms with Crippen molar-refractivity contribution < 1.29 is 19.4 Å². The van der Waals surface area contributed by atoms with Crippen LogP contribution in [0.5, 0.6) is 11.5 Å². The van der Waals surface area contributed by atoms with E-state index in [0.717, 1.165) is 5.56 Å². The van der Waals surface area contributed by atoms with Crippen LogP contribution in [0.4, 0.5) is 0 Å². The topological polar surface area (TPSA) is 70.1 Å². The van der Waals surface area contributed by atoms with Crippen LogP contribution in [0.25, 0.3) is 0 Å². The summed E-state index contributed by atoms with van der Waals surface area (Å²) in [6.45, 7) is 4.96. The summed E-state index contributed by atoms with van der Waals surface area (Å²) in [5, 5.41) is 10.5. The summed E-state index contributed by atoms with van der Waals surface area (Å²) in [6, 6.07) is 3.54. The third-order valence-electron chi connectivity index (χ3n) is 5.01. The van der Waals surface area contributed by atoms with Crippen LogP contribution < -0.4 is 4.74 Å². The van der Waals surface area contributed by atoms with E-state index in [2.05, 4.69) is 0 Å². The lowest BCUT2D eigenvalue weighted by atomic mass is 9.94. The molecular weight excluding hydrogens is 320 g/mol.